The highest BCUT2D eigenvalue weighted by atomic mass is 32.2. The van der Waals surface area contributed by atoms with Crippen LogP contribution in [0.25, 0.3) is 0 Å². The number of carboxylic acids is 1. The van der Waals surface area contributed by atoms with Crippen LogP contribution in [0, 0.1) is 24.6 Å². The smallest absolute Gasteiger partial charge is 0.335 e. The summed E-state index contributed by atoms with van der Waals surface area (Å²) in [5, 5.41) is 8.82. The monoisotopic (exact) mass is 284 g/mol. The second-order valence-corrected chi connectivity index (χ2v) is 5.96. The molecule has 0 aliphatic rings. The average Bonchev–Trinajstić information content (AvgIpc) is 2.32. The molecule has 0 atom stereocenters. The van der Waals surface area contributed by atoms with E-state index >= 15 is 0 Å². The van der Waals surface area contributed by atoms with Gasteiger partial charge in [-0.3, -0.25) is 0 Å². The van der Waals surface area contributed by atoms with E-state index in [9.17, 15) is 17.6 Å². The first kappa shape index (κ1) is 15.2. The van der Waals surface area contributed by atoms with Crippen LogP contribution in [0.3, 0.4) is 0 Å². The zero-order valence-corrected chi connectivity index (χ0v) is 11.3. The minimum atomic E-state index is -3.75. The van der Waals surface area contributed by atoms with E-state index < -0.39 is 21.6 Å². The number of sulfone groups is 1. The molecule has 0 aliphatic heterocycles. The first-order chi connectivity index (χ1) is 8.79. The fourth-order valence-corrected chi connectivity index (χ4v) is 2.98. The van der Waals surface area contributed by atoms with Crippen LogP contribution in [0.5, 0.6) is 0 Å². The van der Waals surface area contributed by atoms with Crippen LogP contribution in [-0.2, 0) is 9.84 Å². The Morgan fingerprint density at radius 1 is 1.42 bits per heavy atom. The molecule has 1 N–H and O–H groups in total. The normalized spacial score (nSPS) is 10.7. The summed E-state index contributed by atoms with van der Waals surface area (Å²) >= 11 is 0. The first-order valence-electron chi connectivity index (χ1n) is 5.45. The van der Waals surface area contributed by atoms with Gasteiger partial charge in [-0.1, -0.05) is 0 Å². The van der Waals surface area contributed by atoms with Crippen molar-refractivity contribution in [2.24, 2.45) is 0 Å². The summed E-state index contributed by atoms with van der Waals surface area (Å²) in [6.45, 7) is 2.89. The number of rotatable bonds is 4. The highest BCUT2D eigenvalue weighted by molar-refractivity contribution is 7.91. The van der Waals surface area contributed by atoms with Gasteiger partial charge in [0.2, 0.25) is 0 Å². The Morgan fingerprint density at radius 2 is 2.05 bits per heavy atom. The summed E-state index contributed by atoms with van der Waals surface area (Å²) in [7, 11) is -3.75. The highest BCUT2D eigenvalue weighted by Gasteiger charge is 2.21. The molecule has 0 spiro atoms. The lowest BCUT2D eigenvalue weighted by atomic mass is 10.1. The van der Waals surface area contributed by atoms with Gasteiger partial charge in [0.05, 0.1) is 16.2 Å². The molecular weight excluding hydrogens is 271 g/mol. The van der Waals surface area contributed by atoms with Crippen molar-refractivity contribution >= 4 is 15.8 Å². The molecule has 0 bridgehead atoms. The van der Waals surface area contributed by atoms with Gasteiger partial charge in [-0.05, 0) is 26.0 Å². The molecule has 4 nitrogen and oxygen atoms in total. The van der Waals surface area contributed by atoms with E-state index in [1.54, 1.807) is 6.92 Å². The van der Waals surface area contributed by atoms with Gasteiger partial charge in [-0.25, -0.2) is 17.6 Å². The van der Waals surface area contributed by atoms with E-state index in [-0.39, 0.29) is 28.2 Å². The lowest BCUT2D eigenvalue weighted by Gasteiger charge is -2.08. The number of carboxylic acid groups (broad SMARTS) is 1. The molecule has 0 heterocycles. The predicted molar refractivity (Wildman–Crippen MR) is 68.2 cm³/mol. The molecule has 0 unspecified atom stereocenters. The van der Waals surface area contributed by atoms with Crippen LogP contribution in [0.1, 0.15) is 29.3 Å². The maximum atomic E-state index is 13.6. The van der Waals surface area contributed by atoms with Gasteiger partial charge in [0.25, 0.3) is 0 Å². The van der Waals surface area contributed by atoms with E-state index in [0.29, 0.717) is 0 Å². The quantitative estimate of drug-likeness (QED) is 0.859. The van der Waals surface area contributed by atoms with Crippen molar-refractivity contribution in [1.82, 2.24) is 0 Å². The summed E-state index contributed by atoms with van der Waals surface area (Å²) in [5.41, 5.74) is -0.460. The largest absolute Gasteiger partial charge is 0.478 e. The molecule has 0 radical (unpaired) electrons. The molecular formula is C13H13FO4S. The van der Waals surface area contributed by atoms with Crippen molar-refractivity contribution in [3.8, 4) is 11.8 Å². The number of carbonyl (C=O) groups is 1. The Balaban J connectivity index is 3.31. The van der Waals surface area contributed by atoms with Crippen molar-refractivity contribution in [2.75, 3.05) is 5.75 Å². The molecule has 19 heavy (non-hydrogen) atoms. The van der Waals surface area contributed by atoms with Gasteiger partial charge in [-0.15, -0.1) is 11.8 Å². The molecule has 1 aromatic rings. The zero-order valence-electron chi connectivity index (χ0n) is 10.5. The van der Waals surface area contributed by atoms with Gasteiger partial charge in [-0.2, -0.15) is 0 Å². The van der Waals surface area contributed by atoms with E-state index in [4.69, 9.17) is 5.11 Å². The van der Waals surface area contributed by atoms with Gasteiger partial charge in [0.1, 0.15) is 5.82 Å². The Bertz CT molecular complexity index is 666. The zero-order chi connectivity index (χ0) is 14.6. The Hall–Kier alpha value is -1.87. The summed E-state index contributed by atoms with van der Waals surface area (Å²) in [6.07, 6.45) is 0.122. The second kappa shape index (κ2) is 5.85. The van der Waals surface area contributed by atoms with Crippen molar-refractivity contribution < 1.29 is 22.7 Å². The van der Waals surface area contributed by atoms with Crippen LogP contribution >= 0.6 is 0 Å². The van der Waals surface area contributed by atoms with E-state index in [1.807, 2.05) is 0 Å². The van der Waals surface area contributed by atoms with Gasteiger partial charge in [0.15, 0.2) is 9.84 Å². The summed E-state index contributed by atoms with van der Waals surface area (Å²) < 4.78 is 37.6. The average molecular weight is 284 g/mol. The topological polar surface area (TPSA) is 71.4 Å². The predicted octanol–water partition coefficient (Wildman–Crippen LogP) is 2.02. The molecule has 6 heteroatoms. The molecule has 102 valence electrons. The standard InChI is InChI=1S/C13H13FO4S/c1-3-4-5-6-19(17,18)12-8-10(13(15)16)7-11(14)9(12)2/h7-8H,5-6H2,1-2H3,(H,15,16). The van der Waals surface area contributed by atoms with Crippen LogP contribution in [0.2, 0.25) is 0 Å². The third-order valence-electron chi connectivity index (χ3n) is 2.55. The molecule has 0 aromatic heterocycles. The summed E-state index contributed by atoms with van der Waals surface area (Å²) in [6, 6.07) is 1.79. The molecule has 0 aliphatic carbocycles. The molecule has 1 rings (SSSR count). The molecule has 0 amide bonds. The highest BCUT2D eigenvalue weighted by Crippen LogP contribution is 2.22. The number of halogens is 1. The van der Waals surface area contributed by atoms with Crippen LogP contribution in [0.15, 0.2) is 17.0 Å². The number of hydrogen-bond donors (Lipinski definition) is 1. The van der Waals surface area contributed by atoms with Crippen LogP contribution in [-0.4, -0.2) is 25.2 Å². The molecule has 0 saturated carbocycles. The van der Waals surface area contributed by atoms with Crippen LogP contribution in [0.4, 0.5) is 4.39 Å². The SMILES string of the molecule is CC#CCCS(=O)(=O)c1cc(C(=O)O)cc(F)c1C. The fourth-order valence-electron chi connectivity index (χ4n) is 1.52. The van der Waals surface area contributed by atoms with Gasteiger partial charge < -0.3 is 5.11 Å². The van der Waals surface area contributed by atoms with Crippen molar-refractivity contribution in [3.63, 3.8) is 0 Å². The maximum Gasteiger partial charge on any atom is 0.335 e. The fraction of sp³-hybridized carbons (Fsp3) is 0.308. The van der Waals surface area contributed by atoms with Gasteiger partial charge in [0, 0.05) is 12.0 Å². The Labute approximate surface area is 111 Å². The Morgan fingerprint density at radius 3 is 2.58 bits per heavy atom. The van der Waals surface area contributed by atoms with E-state index in [0.717, 1.165) is 12.1 Å². The Kier molecular flexibility index (Phi) is 4.67. The van der Waals surface area contributed by atoms with E-state index in [1.165, 1.54) is 6.92 Å². The third-order valence-corrected chi connectivity index (χ3v) is 4.39. The van der Waals surface area contributed by atoms with Crippen LogP contribution < -0.4 is 0 Å². The molecule has 0 saturated heterocycles. The van der Waals surface area contributed by atoms with E-state index in [2.05, 4.69) is 11.8 Å². The minimum Gasteiger partial charge on any atom is -0.478 e. The van der Waals surface area contributed by atoms with Crippen molar-refractivity contribution in [1.29, 1.82) is 0 Å². The molecule has 0 fully saturated rings. The lowest BCUT2D eigenvalue weighted by molar-refractivity contribution is 0.0696. The first-order valence-corrected chi connectivity index (χ1v) is 7.10. The third kappa shape index (κ3) is 3.55. The second-order valence-electron chi connectivity index (χ2n) is 3.88. The molecule has 1 aromatic carbocycles. The minimum absolute atomic E-state index is 0.0746. The maximum absolute atomic E-state index is 13.6. The number of benzene rings is 1. The lowest BCUT2D eigenvalue weighted by Crippen LogP contribution is -2.11. The number of aromatic carboxylic acids is 1. The van der Waals surface area contributed by atoms with Gasteiger partial charge >= 0.3 is 5.97 Å². The number of hydrogen-bond acceptors (Lipinski definition) is 3. The van der Waals surface area contributed by atoms with Crippen molar-refractivity contribution in [2.45, 2.75) is 25.2 Å². The summed E-state index contributed by atoms with van der Waals surface area (Å²) in [5.74, 6) is 2.69. The summed E-state index contributed by atoms with van der Waals surface area (Å²) in [4.78, 5) is 10.5. The van der Waals surface area contributed by atoms with Crippen molar-refractivity contribution in [3.05, 3.63) is 29.1 Å².